The second-order valence-corrected chi connectivity index (χ2v) is 10.6. The highest BCUT2D eigenvalue weighted by Gasteiger charge is 2.23. The van der Waals surface area contributed by atoms with Crippen LogP contribution in [0.5, 0.6) is 5.75 Å². The number of benzene rings is 2. The molecule has 0 bridgehead atoms. The first-order valence-corrected chi connectivity index (χ1v) is 13.1. The lowest BCUT2D eigenvalue weighted by atomic mass is 10.1. The number of rotatable bonds is 8. The first-order chi connectivity index (χ1) is 15.9. The van der Waals surface area contributed by atoms with Crippen molar-refractivity contribution >= 4 is 27.3 Å². The monoisotopic (exact) mass is 485 g/mol. The second-order valence-electron chi connectivity index (χ2n) is 7.84. The fourth-order valence-electron chi connectivity index (χ4n) is 3.72. The Morgan fingerprint density at radius 1 is 1.00 bits per heavy atom. The summed E-state index contributed by atoms with van der Waals surface area (Å²) in [4.78, 5) is 18.1. The first kappa shape index (κ1) is 23.4. The van der Waals surface area contributed by atoms with Gasteiger partial charge in [-0.25, -0.2) is 13.1 Å². The minimum atomic E-state index is -3.63. The van der Waals surface area contributed by atoms with E-state index in [1.807, 2.05) is 34.5 Å². The molecule has 0 spiro atoms. The van der Waals surface area contributed by atoms with Crippen molar-refractivity contribution < 1.29 is 17.9 Å². The highest BCUT2D eigenvalue weighted by Crippen LogP contribution is 2.17. The van der Waals surface area contributed by atoms with E-state index in [9.17, 15) is 13.2 Å². The molecule has 3 aromatic rings. The second kappa shape index (κ2) is 10.5. The van der Waals surface area contributed by atoms with Crippen LogP contribution < -0.4 is 9.46 Å². The molecule has 7 nitrogen and oxygen atoms in total. The van der Waals surface area contributed by atoms with Gasteiger partial charge in [0.05, 0.1) is 12.0 Å². The molecule has 1 saturated heterocycles. The van der Waals surface area contributed by atoms with E-state index in [-0.39, 0.29) is 17.3 Å². The van der Waals surface area contributed by atoms with E-state index in [2.05, 4.69) is 21.8 Å². The van der Waals surface area contributed by atoms with Crippen molar-refractivity contribution in [2.45, 2.75) is 18.0 Å². The topological polar surface area (TPSA) is 79.0 Å². The summed E-state index contributed by atoms with van der Waals surface area (Å²) < 4.78 is 32.8. The van der Waals surface area contributed by atoms with Gasteiger partial charge in [-0.15, -0.1) is 11.3 Å². The van der Waals surface area contributed by atoms with Crippen molar-refractivity contribution in [2.75, 3.05) is 33.3 Å². The van der Waals surface area contributed by atoms with Crippen molar-refractivity contribution in [3.8, 4) is 5.75 Å². The first-order valence-electron chi connectivity index (χ1n) is 10.7. The Morgan fingerprint density at radius 2 is 1.70 bits per heavy atom. The van der Waals surface area contributed by atoms with Crippen LogP contribution in [-0.2, 0) is 23.1 Å². The van der Waals surface area contributed by atoms with Crippen LogP contribution in [0, 0.1) is 0 Å². The zero-order chi connectivity index (χ0) is 23.3. The fourth-order valence-corrected chi connectivity index (χ4v) is 5.46. The molecule has 0 atom stereocenters. The average Bonchev–Trinajstić information content (AvgIpc) is 3.37. The minimum Gasteiger partial charge on any atom is -0.497 e. The molecule has 1 aromatic heterocycles. The minimum absolute atomic E-state index is 0.0745. The van der Waals surface area contributed by atoms with Crippen LogP contribution in [0.15, 0.2) is 70.9 Å². The third kappa shape index (κ3) is 6.00. The Hall–Kier alpha value is -2.72. The van der Waals surface area contributed by atoms with Gasteiger partial charge < -0.3 is 9.64 Å². The van der Waals surface area contributed by atoms with Crippen molar-refractivity contribution in [1.82, 2.24) is 14.5 Å². The molecular weight excluding hydrogens is 458 g/mol. The number of hydrogen-bond acceptors (Lipinski definition) is 6. The quantitative estimate of drug-likeness (QED) is 0.530. The smallest absolute Gasteiger partial charge is 0.253 e. The molecule has 0 saturated carbocycles. The van der Waals surface area contributed by atoms with Gasteiger partial charge in [0.1, 0.15) is 5.75 Å². The summed E-state index contributed by atoms with van der Waals surface area (Å²) in [6.45, 7) is 3.93. The molecule has 2 aromatic carbocycles. The molecular formula is C24H27N3O4S2. The molecule has 1 amide bonds. The molecule has 9 heteroatoms. The predicted octanol–water partition coefficient (Wildman–Crippen LogP) is 3.19. The highest BCUT2D eigenvalue weighted by molar-refractivity contribution is 7.89. The van der Waals surface area contributed by atoms with Gasteiger partial charge in [0.15, 0.2) is 0 Å². The van der Waals surface area contributed by atoms with Gasteiger partial charge in [-0.3, -0.25) is 9.69 Å². The Balaban J connectivity index is 1.30. The predicted molar refractivity (Wildman–Crippen MR) is 129 cm³/mol. The molecule has 1 fully saturated rings. The van der Waals surface area contributed by atoms with Crippen LogP contribution in [0.25, 0.3) is 0 Å². The van der Waals surface area contributed by atoms with Crippen LogP contribution in [-0.4, -0.2) is 57.4 Å². The van der Waals surface area contributed by atoms with Crippen LogP contribution in [0.3, 0.4) is 0 Å². The van der Waals surface area contributed by atoms with Gasteiger partial charge in [-0.1, -0.05) is 18.2 Å². The van der Waals surface area contributed by atoms with Gasteiger partial charge in [-0.2, -0.15) is 0 Å². The van der Waals surface area contributed by atoms with Gasteiger partial charge >= 0.3 is 0 Å². The zero-order valence-electron chi connectivity index (χ0n) is 18.4. The van der Waals surface area contributed by atoms with Gasteiger partial charge in [0.2, 0.25) is 10.0 Å². The lowest BCUT2D eigenvalue weighted by Crippen LogP contribution is -2.48. The number of methoxy groups -OCH3 is 1. The maximum atomic E-state index is 12.9. The van der Waals surface area contributed by atoms with Gasteiger partial charge in [-0.05, 0) is 53.4 Å². The molecule has 1 aliphatic heterocycles. The van der Waals surface area contributed by atoms with Crippen LogP contribution in [0.4, 0.5) is 0 Å². The largest absolute Gasteiger partial charge is 0.497 e. The van der Waals surface area contributed by atoms with E-state index in [4.69, 9.17) is 4.74 Å². The molecule has 33 heavy (non-hydrogen) atoms. The number of carbonyl (C=O) groups excluding carboxylic acids is 1. The number of carbonyl (C=O) groups is 1. The van der Waals surface area contributed by atoms with Crippen LogP contribution >= 0.6 is 11.3 Å². The van der Waals surface area contributed by atoms with E-state index in [1.54, 1.807) is 19.2 Å². The summed E-state index contributed by atoms with van der Waals surface area (Å²) in [5, 5.41) is 1.91. The lowest BCUT2D eigenvalue weighted by molar-refractivity contribution is 0.0628. The number of hydrogen-bond donors (Lipinski definition) is 1. The number of nitrogens with one attached hydrogen (secondary N) is 1. The summed E-state index contributed by atoms with van der Waals surface area (Å²) in [7, 11) is -1.97. The molecule has 2 heterocycles. The summed E-state index contributed by atoms with van der Waals surface area (Å²) in [5.74, 6) is 0.765. The van der Waals surface area contributed by atoms with E-state index >= 15 is 0 Å². The maximum Gasteiger partial charge on any atom is 0.253 e. The number of piperazine rings is 1. The Bertz CT molecular complexity index is 1150. The van der Waals surface area contributed by atoms with Crippen molar-refractivity contribution in [3.63, 3.8) is 0 Å². The van der Waals surface area contributed by atoms with Gasteiger partial charge in [0, 0.05) is 49.7 Å². The molecule has 4 rings (SSSR count). The Morgan fingerprint density at radius 3 is 2.30 bits per heavy atom. The summed E-state index contributed by atoms with van der Waals surface area (Å²) in [6, 6.07) is 17.9. The third-order valence-electron chi connectivity index (χ3n) is 5.65. The van der Waals surface area contributed by atoms with Crippen molar-refractivity contribution in [1.29, 1.82) is 0 Å². The number of amides is 1. The van der Waals surface area contributed by atoms with E-state index < -0.39 is 10.0 Å². The lowest BCUT2D eigenvalue weighted by Gasteiger charge is -2.34. The average molecular weight is 486 g/mol. The molecule has 174 valence electrons. The number of nitrogens with zero attached hydrogens (tertiary/aromatic N) is 2. The Labute approximate surface area is 198 Å². The SMILES string of the molecule is COc1ccc(CN2CCN(C(=O)c3ccc(S(=O)(=O)NCc4cccs4)cc3)CC2)cc1. The molecule has 1 aliphatic rings. The Kier molecular flexibility index (Phi) is 7.44. The summed E-state index contributed by atoms with van der Waals surface area (Å²) in [5.41, 5.74) is 1.70. The van der Waals surface area contributed by atoms with Crippen LogP contribution in [0.1, 0.15) is 20.8 Å². The molecule has 0 aliphatic carbocycles. The van der Waals surface area contributed by atoms with E-state index in [0.717, 1.165) is 30.3 Å². The number of ether oxygens (including phenoxy) is 1. The third-order valence-corrected chi connectivity index (χ3v) is 7.95. The van der Waals surface area contributed by atoms with Crippen molar-refractivity contribution in [3.05, 3.63) is 82.0 Å². The van der Waals surface area contributed by atoms with E-state index in [0.29, 0.717) is 18.7 Å². The van der Waals surface area contributed by atoms with E-state index in [1.165, 1.54) is 29.0 Å². The van der Waals surface area contributed by atoms with Gasteiger partial charge in [0.25, 0.3) is 5.91 Å². The number of thiophene rings is 1. The molecule has 0 unspecified atom stereocenters. The maximum absolute atomic E-state index is 12.9. The number of sulfonamides is 1. The van der Waals surface area contributed by atoms with Crippen LogP contribution in [0.2, 0.25) is 0 Å². The molecule has 0 radical (unpaired) electrons. The zero-order valence-corrected chi connectivity index (χ0v) is 20.1. The standard InChI is InChI=1S/C24H27N3O4S2/c1-31-21-8-4-19(5-9-21)18-26-12-14-27(15-13-26)24(28)20-6-10-23(11-7-20)33(29,30)25-17-22-3-2-16-32-22/h2-11,16,25H,12-15,17-18H2,1H3. The normalized spacial score (nSPS) is 14.9. The molecule has 1 N–H and O–H groups in total. The fraction of sp³-hybridized carbons (Fsp3) is 0.292. The summed E-state index contributed by atoms with van der Waals surface area (Å²) in [6.07, 6.45) is 0. The summed E-state index contributed by atoms with van der Waals surface area (Å²) >= 11 is 1.50. The highest BCUT2D eigenvalue weighted by atomic mass is 32.2. The van der Waals surface area contributed by atoms with Crippen molar-refractivity contribution in [2.24, 2.45) is 0 Å².